The summed E-state index contributed by atoms with van der Waals surface area (Å²) < 4.78 is 46.3. The molecule has 1 aliphatic heterocycles. The van der Waals surface area contributed by atoms with Gasteiger partial charge in [0.1, 0.15) is 28.6 Å². The summed E-state index contributed by atoms with van der Waals surface area (Å²) in [7, 11) is -4.14. The first-order valence-corrected chi connectivity index (χ1v) is 13.1. The molecule has 2 atom stereocenters. The lowest BCUT2D eigenvalue weighted by Crippen LogP contribution is -2.50. The van der Waals surface area contributed by atoms with Gasteiger partial charge in [-0.2, -0.15) is 4.31 Å². The lowest BCUT2D eigenvalue weighted by molar-refractivity contribution is -0.141. The van der Waals surface area contributed by atoms with E-state index in [9.17, 15) is 27.5 Å². The normalized spacial score (nSPS) is 17.8. The van der Waals surface area contributed by atoms with Crippen LogP contribution in [0.4, 0.5) is 4.39 Å². The minimum Gasteiger partial charge on any atom is -0.488 e. The van der Waals surface area contributed by atoms with Gasteiger partial charge >= 0.3 is 5.97 Å². The van der Waals surface area contributed by atoms with E-state index in [1.54, 1.807) is 24.3 Å². The van der Waals surface area contributed by atoms with Gasteiger partial charge in [0.2, 0.25) is 15.9 Å². The average Bonchev–Trinajstić information content (AvgIpc) is 3.24. The summed E-state index contributed by atoms with van der Waals surface area (Å²) in [5.41, 5.74) is 0.285. The van der Waals surface area contributed by atoms with Crippen molar-refractivity contribution in [3.8, 4) is 5.75 Å². The molecule has 1 heterocycles. The molecule has 11 heteroatoms. The topological polar surface area (TPSA) is 113 Å². The van der Waals surface area contributed by atoms with Crippen molar-refractivity contribution in [1.82, 2.24) is 9.62 Å². The zero-order valence-corrected chi connectivity index (χ0v) is 20.7. The molecule has 1 amide bonds. The molecule has 8 nitrogen and oxygen atoms in total. The predicted molar refractivity (Wildman–Crippen MR) is 127 cm³/mol. The van der Waals surface area contributed by atoms with Crippen molar-refractivity contribution in [2.75, 3.05) is 12.3 Å². The third-order valence-electron chi connectivity index (χ3n) is 4.88. The van der Waals surface area contributed by atoms with Crippen LogP contribution in [0.1, 0.15) is 26.3 Å². The number of carboxylic acid groups (broad SMARTS) is 1. The van der Waals surface area contributed by atoms with E-state index >= 15 is 0 Å². The predicted octanol–water partition coefficient (Wildman–Crippen LogP) is 2.88. The van der Waals surface area contributed by atoms with Crippen LogP contribution >= 0.6 is 11.8 Å². The van der Waals surface area contributed by atoms with Gasteiger partial charge in [-0.05, 0) is 56.7 Å². The molecular formula is C23H27FN2O6S2. The largest absolute Gasteiger partial charge is 0.488 e. The maximum absolute atomic E-state index is 13.6. The molecule has 1 aliphatic rings. The highest BCUT2D eigenvalue weighted by Crippen LogP contribution is 2.30. The number of carbonyl (C=O) groups excluding carboxylic acids is 1. The molecule has 3 rings (SSSR count). The molecule has 0 saturated carbocycles. The minimum atomic E-state index is -4.14. The second-order valence-electron chi connectivity index (χ2n) is 8.76. The van der Waals surface area contributed by atoms with Crippen molar-refractivity contribution in [2.45, 2.75) is 49.1 Å². The van der Waals surface area contributed by atoms with Crippen LogP contribution in [-0.2, 0) is 26.0 Å². The van der Waals surface area contributed by atoms with Gasteiger partial charge in [0, 0.05) is 18.7 Å². The molecular weight excluding hydrogens is 483 g/mol. The number of ether oxygens (including phenoxy) is 1. The number of thioether (sulfide) groups is 1. The number of benzene rings is 2. The van der Waals surface area contributed by atoms with Gasteiger partial charge in [-0.3, -0.25) is 4.79 Å². The minimum absolute atomic E-state index is 0.00487. The van der Waals surface area contributed by atoms with E-state index in [0.717, 1.165) is 28.2 Å². The van der Waals surface area contributed by atoms with Crippen molar-refractivity contribution in [2.24, 2.45) is 0 Å². The Morgan fingerprint density at radius 3 is 2.50 bits per heavy atom. The highest BCUT2D eigenvalue weighted by Gasteiger charge is 2.41. The Labute approximate surface area is 202 Å². The molecule has 34 heavy (non-hydrogen) atoms. The van der Waals surface area contributed by atoms with Gasteiger partial charge in [0.05, 0.1) is 4.90 Å². The number of hydrogen-bond acceptors (Lipinski definition) is 6. The Hall–Kier alpha value is -2.63. The SMILES string of the molecule is CC(C)(C)Oc1ccc(C[C@H](NC(=O)[C@@H]2SCCN2S(=O)(=O)c2cccc(F)c2)C(=O)O)cc1. The van der Waals surface area contributed by atoms with Crippen LogP contribution < -0.4 is 10.1 Å². The number of nitrogens with zero attached hydrogens (tertiary/aromatic N) is 1. The first kappa shape index (κ1) is 26.0. The van der Waals surface area contributed by atoms with Crippen LogP contribution in [0.25, 0.3) is 0 Å². The second kappa shape index (κ2) is 10.3. The molecule has 0 radical (unpaired) electrons. The molecule has 2 N–H and O–H groups in total. The van der Waals surface area contributed by atoms with Crippen LogP contribution in [0.15, 0.2) is 53.4 Å². The lowest BCUT2D eigenvalue weighted by atomic mass is 10.1. The Kier molecular flexibility index (Phi) is 7.89. The van der Waals surface area contributed by atoms with Gasteiger partial charge in [-0.1, -0.05) is 18.2 Å². The van der Waals surface area contributed by atoms with Crippen LogP contribution in [-0.4, -0.2) is 59.0 Å². The van der Waals surface area contributed by atoms with Crippen molar-refractivity contribution >= 4 is 33.7 Å². The van der Waals surface area contributed by atoms with E-state index < -0.39 is 39.1 Å². The van der Waals surface area contributed by atoms with Crippen LogP contribution in [0.5, 0.6) is 5.75 Å². The van der Waals surface area contributed by atoms with Gasteiger partial charge in [-0.15, -0.1) is 11.8 Å². The fourth-order valence-electron chi connectivity index (χ4n) is 3.40. The Morgan fingerprint density at radius 1 is 1.24 bits per heavy atom. The molecule has 1 saturated heterocycles. The lowest BCUT2D eigenvalue weighted by Gasteiger charge is -2.24. The van der Waals surface area contributed by atoms with Crippen molar-refractivity contribution < 1.29 is 32.2 Å². The summed E-state index contributed by atoms with van der Waals surface area (Å²) >= 11 is 1.08. The van der Waals surface area contributed by atoms with Gasteiger partial charge in [0.15, 0.2) is 0 Å². The van der Waals surface area contributed by atoms with Gasteiger partial charge in [0.25, 0.3) is 0 Å². The van der Waals surface area contributed by atoms with E-state index in [-0.39, 0.29) is 23.5 Å². The van der Waals surface area contributed by atoms with Crippen molar-refractivity contribution in [1.29, 1.82) is 0 Å². The van der Waals surface area contributed by atoms with E-state index in [0.29, 0.717) is 17.1 Å². The number of carboxylic acids is 1. The van der Waals surface area contributed by atoms with Gasteiger partial charge in [-0.25, -0.2) is 17.6 Å². The summed E-state index contributed by atoms with van der Waals surface area (Å²) in [5, 5.41) is 10.9. The molecule has 184 valence electrons. The maximum Gasteiger partial charge on any atom is 0.326 e. The number of rotatable bonds is 8. The smallest absolute Gasteiger partial charge is 0.326 e. The number of sulfonamides is 1. The molecule has 0 bridgehead atoms. The summed E-state index contributed by atoms with van der Waals surface area (Å²) in [6.07, 6.45) is 0.00487. The summed E-state index contributed by atoms with van der Waals surface area (Å²) in [6, 6.07) is 10.2. The molecule has 1 fully saturated rings. The first-order chi connectivity index (χ1) is 15.9. The maximum atomic E-state index is 13.6. The summed E-state index contributed by atoms with van der Waals surface area (Å²) in [6.45, 7) is 5.79. The Balaban J connectivity index is 1.72. The molecule has 0 unspecified atom stereocenters. The van der Waals surface area contributed by atoms with Crippen LogP contribution in [0, 0.1) is 5.82 Å². The average molecular weight is 511 g/mol. The van der Waals surface area contributed by atoms with E-state index in [4.69, 9.17) is 4.74 Å². The third-order valence-corrected chi connectivity index (χ3v) is 8.07. The van der Waals surface area contributed by atoms with E-state index in [1.165, 1.54) is 12.1 Å². The molecule has 0 aromatic heterocycles. The Morgan fingerprint density at radius 2 is 1.91 bits per heavy atom. The van der Waals surface area contributed by atoms with Crippen LogP contribution in [0.2, 0.25) is 0 Å². The van der Waals surface area contributed by atoms with E-state index in [2.05, 4.69) is 5.32 Å². The van der Waals surface area contributed by atoms with E-state index in [1.807, 2.05) is 20.8 Å². The van der Waals surface area contributed by atoms with Crippen LogP contribution in [0.3, 0.4) is 0 Å². The fourth-order valence-corrected chi connectivity index (χ4v) is 6.51. The van der Waals surface area contributed by atoms with Crippen molar-refractivity contribution in [3.05, 3.63) is 59.9 Å². The number of halogens is 1. The quantitative estimate of drug-likeness (QED) is 0.562. The second-order valence-corrected chi connectivity index (χ2v) is 11.8. The summed E-state index contributed by atoms with van der Waals surface area (Å²) in [5.74, 6) is -1.71. The number of carbonyl (C=O) groups is 2. The third kappa shape index (κ3) is 6.49. The molecule has 0 aliphatic carbocycles. The first-order valence-electron chi connectivity index (χ1n) is 10.6. The summed E-state index contributed by atoms with van der Waals surface area (Å²) in [4.78, 5) is 24.5. The molecule has 2 aromatic carbocycles. The zero-order valence-electron chi connectivity index (χ0n) is 19.0. The zero-order chi connectivity index (χ0) is 25.1. The number of nitrogens with one attached hydrogen (secondary N) is 1. The Bertz CT molecular complexity index is 1150. The molecule has 2 aromatic rings. The van der Waals surface area contributed by atoms with Gasteiger partial charge < -0.3 is 15.2 Å². The van der Waals surface area contributed by atoms with Crippen molar-refractivity contribution in [3.63, 3.8) is 0 Å². The number of amides is 1. The fraction of sp³-hybridized carbons (Fsp3) is 0.391. The monoisotopic (exact) mass is 510 g/mol. The highest BCUT2D eigenvalue weighted by molar-refractivity contribution is 8.02. The number of hydrogen-bond donors (Lipinski definition) is 2. The number of aliphatic carboxylic acids is 1. The standard InChI is InChI=1S/C23H27FN2O6S2/c1-23(2,3)32-17-9-7-15(8-10-17)13-19(22(28)29)25-20(27)21-26(11-12-33-21)34(30,31)18-6-4-5-16(24)14-18/h4-10,14,19,21H,11-13H2,1-3H3,(H,25,27)(H,28,29)/t19-,21-/m0/s1. The molecule has 0 spiro atoms. The highest BCUT2D eigenvalue weighted by atomic mass is 32.2.